The van der Waals surface area contributed by atoms with E-state index < -0.39 is 5.97 Å². The number of ether oxygens (including phenoxy) is 1. The molecule has 0 saturated heterocycles. The van der Waals surface area contributed by atoms with Crippen molar-refractivity contribution in [3.63, 3.8) is 0 Å². The van der Waals surface area contributed by atoms with Crippen molar-refractivity contribution in [1.82, 2.24) is 0 Å². The fourth-order valence-electron chi connectivity index (χ4n) is 1.90. The Morgan fingerprint density at radius 3 is 2.40 bits per heavy atom. The molecule has 4 heteroatoms. The molecule has 20 heavy (non-hydrogen) atoms. The molecular formula is C16H17NO3. The smallest absolute Gasteiger partial charge is 0.335 e. The van der Waals surface area contributed by atoms with Gasteiger partial charge in [0.05, 0.1) is 5.56 Å². The number of benzene rings is 2. The summed E-state index contributed by atoms with van der Waals surface area (Å²) in [5.41, 5.74) is 2.01. The molecule has 0 spiro atoms. The number of carboxylic acid groups (broad SMARTS) is 1. The van der Waals surface area contributed by atoms with Crippen LogP contribution in [0.3, 0.4) is 0 Å². The summed E-state index contributed by atoms with van der Waals surface area (Å²) < 4.78 is 5.77. The van der Waals surface area contributed by atoms with Gasteiger partial charge in [-0.2, -0.15) is 0 Å². The summed E-state index contributed by atoms with van der Waals surface area (Å²) in [7, 11) is 3.93. The molecule has 104 valence electrons. The highest BCUT2D eigenvalue weighted by atomic mass is 16.5. The van der Waals surface area contributed by atoms with Crippen molar-refractivity contribution in [2.75, 3.05) is 19.0 Å². The minimum absolute atomic E-state index is 0.291. The predicted molar refractivity (Wildman–Crippen MR) is 79.0 cm³/mol. The largest absolute Gasteiger partial charge is 0.478 e. The Bertz CT molecular complexity index is 635. The molecule has 0 aliphatic heterocycles. The van der Waals surface area contributed by atoms with Gasteiger partial charge in [-0.15, -0.1) is 0 Å². The molecular weight excluding hydrogens is 254 g/mol. The monoisotopic (exact) mass is 271 g/mol. The zero-order valence-electron chi connectivity index (χ0n) is 11.8. The Labute approximate surface area is 118 Å². The van der Waals surface area contributed by atoms with Crippen molar-refractivity contribution in [2.45, 2.75) is 6.92 Å². The summed E-state index contributed by atoms with van der Waals surface area (Å²) in [6.07, 6.45) is 0. The first-order chi connectivity index (χ1) is 9.47. The first-order valence-electron chi connectivity index (χ1n) is 6.26. The van der Waals surface area contributed by atoms with Crippen LogP contribution < -0.4 is 9.64 Å². The summed E-state index contributed by atoms with van der Waals surface area (Å²) >= 11 is 0. The van der Waals surface area contributed by atoms with Crippen LogP contribution in [0.1, 0.15) is 15.9 Å². The van der Waals surface area contributed by atoms with Crippen LogP contribution in [0.5, 0.6) is 11.5 Å². The van der Waals surface area contributed by atoms with E-state index in [1.807, 2.05) is 43.3 Å². The zero-order valence-corrected chi connectivity index (χ0v) is 11.8. The summed E-state index contributed by atoms with van der Waals surface area (Å²) in [6, 6.07) is 12.7. The second-order valence-corrected chi connectivity index (χ2v) is 4.78. The lowest BCUT2D eigenvalue weighted by Crippen LogP contribution is -2.08. The van der Waals surface area contributed by atoms with Crippen molar-refractivity contribution in [3.8, 4) is 11.5 Å². The Balaban J connectivity index is 2.24. The van der Waals surface area contributed by atoms with Gasteiger partial charge in [0.2, 0.25) is 0 Å². The number of nitrogens with zero attached hydrogens (tertiary/aromatic N) is 1. The summed E-state index contributed by atoms with van der Waals surface area (Å²) in [4.78, 5) is 13.0. The molecule has 0 amide bonds. The quantitative estimate of drug-likeness (QED) is 0.923. The Morgan fingerprint density at radius 1 is 1.10 bits per heavy atom. The molecule has 0 heterocycles. The van der Waals surface area contributed by atoms with Gasteiger partial charge in [0, 0.05) is 25.8 Å². The molecule has 0 aliphatic rings. The van der Waals surface area contributed by atoms with Gasteiger partial charge >= 0.3 is 5.97 Å². The molecule has 2 aromatic carbocycles. The van der Waals surface area contributed by atoms with Crippen molar-refractivity contribution in [1.29, 1.82) is 0 Å². The topological polar surface area (TPSA) is 49.8 Å². The van der Waals surface area contributed by atoms with Crippen molar-refractivity contribution >= 4 is 11.7 Å². The SMILES string of the molecule is Cc1cc(Oc2cccc(N(C)C)c2)ccc1C(=O)O. The highest BCUT2D eigenvalue weighted by molar-refractivity contribution is 5.89. The summed E-state index contributed by atoms with van der Waals surface area (Å²) in [5, 5.41) is 9.00. The van der Waals surface area contributed by atoms with Gasteiger partial charge in [0.1, 0.15) is 11.5 Å². The van der Waals surface area contributed by atoms with Crippen LogP contribution in [-0.4, -0.2) is 25.2 Å². The van der Waals surface area contributed by atoms with Gasteiger partial charge in [-0.1, -0.05) is 6.07 Å². The Kier molecular flexibility index (Phi) is 3.94. The lowest BCUT2D eigenvalue weighted by Gasteiger charge is -2.14. The fourth-order valence-corrected chi connectivity index (χ4v) is 1.90. The molecule has 0 fully saturated rings. The highest BCUT2D eigenvalue weighted by Crippen LogP contribution is 2.26. The number of rotatable bonds is 4. The number of anilines is 1. The molecule has 0 aliphatic carbocycles. The standard InChI is InChI=1S/C16H17NO3/c1-11-9-14(7-8-15(11)16(18)19)20-13-6-4-5-12(10-13)17(2)3/h4-10H,1-3H3,(H,18,19). The number of carboxylic acids is 1. The first kappa shape index (κ1) is 13.9. The maximum absolute atomic E-state index is 11.0. The van der Waals surface area contributed by atoms with Crippen LogP contribution in [0.4, 0.5) is 5.69 Å². The second kappa shape index (κ2) is 5.65. The zero-order chi connectivity index (χ0) is 14.7. The van der Waals surface area contributed by atoms with Gasteiger partial charge in [-0.05, 0) is 42.8 Å². The lowest BCUT2D eigenvalue weighted by atomic mass is 10.1. The van der Waals surface area contributed by atoms with E-state index in [1.165, 1.54) is 0 Å². The van der Waals surface area contributed by atoms with Crippen LogP contribution in [0.25, 0.3) is 0 Å². The van der Waals surface area contributed by atoms with Gasteiger partial charge in [-0.3, -0.25) is 0 Å². The minimum atomic E-state index is -0.927. The lowest BCUT2D eigenvalue weighted by molar-refractivity contribution is 0.0696. The average molecular weight is 271 g/mol. The van der Waals surface area contributed by atoms with Gasteiger partial charge in [0.25, 0.3) is 0 Å². The minimum Gasteiger partial charge on any atom is -0.478 e. The van der Waals surface area contributed by atoms with Crippen LogP contribution in [0.15, 0.2) is 42.5 Å². The Hall–Kier alpha value is -2.49. The van der Waals surface area contributed by atoms with Crippen molar-refractivity contribution in [2.24, 2.45) is 0 Å². The third-order valence-corrected chi connectivity index (χ3v) is 3.00. The molecule has 1 N–H and O–H groups in total. The average Bonchev–Trinajstić information content (AvgIpc) is 2.38. The molecule has 2 rings (SSSR count). The van der Waals surface area contributed by atoms with E-state index >= 15 is 0 Å². The molecule has 4 nitrogen and oxygen atoms in total. The number of hydrogen-bond acceptors (Lipinski definition) is 3. The van der Waals surface area contributed by atoms with E-state index in [0.29, 0.717) is 16.9 Å². The van der Waals surface area contributed by atoms with E-state index in [2.05, 4.69) is 0 Å². The first-order valence-corrected chi connectivity index (χ1v) is 6.26. The molecule has 0 atom stereocenters. The maximum atomic E-state index is 11.0. The molecule has 0 saturated carbocycles. The van der Waals surface area contributed by atoms with E-state index in [4.69, 9.17) is 9.84 Å². The third-order valence-electron chi connectivity index (χ3n) is 3.00. The van der Waals surface area contributed by atoms with E-state index in [1.54, 1.807) is 25.1 Å². The predicted octanol–water partition coefficient (Wildman–Crippen LogP) is 3.55. The maximum Gasteiger partial charge on any atom is 0.335 e. The van der Waals surface area contributed by atoms with Crippen LogP contribution in [0, 0.1) is 6.92 Å². The van der Waals surface area contributed by atoms with Crippen molar-refractivity contribution in [3.05, 3.63) is 53.6 Å². The second-order valence-electron chi connectivity index (χ2n) is 4.78. The Morgan fingerprint density at radius 2 is 1.80 bits per heavy atom. The van der Waals surface area contributed by atoms with Crippen LogP contribution in [0.2, 0.25) is 0 Å². The van der Waals surface area contributed by atoms with E-state index in [-0.39, 0.29) is 0 Å². The third kappa shape index (κ3) is 3.09. The van der Waals surface area contributed by atoms with E-state index in [9.17, 15) is 4.79 Å². The fraction of sp³-hybridized carbons (Fsp3) is 0.188. The number of hydrogen-bond donors (Lipinski definition) is 1. The van der Waals surface area contributed by atoms with Crippen LogP contribution >= 0.6 is 0 Å². The summed E-state index contributed by atoms with van der Waals surface area (Å²) in [6.45, 7) is 1.76. The number of aryl methyl sites for hydroxylation is 1. The van der Waals surface area contributed by atoms with Crippen molar-refractivity contribution < 1.29 is 14.6 Å². The normalized spacial score (nSPS) is 10.2. The van der Waals surface area contributed by atoms with Gasteiger partial charge in [-0.25, -0.2) is 4.79 Å². The molecule has 0 unspecified atom stereocenters. The highest BCUT2D eigenvalue weighted by Gasteiger charge is 2.08. The number of aromatic carboxylic acids is 1. The summed E-state index contributed by atoms with van der Waals surface area (Å²) in [5.74, 6) is 0.422. The van der Waals surface area contributed by atoms with E-state index in [0.717, 1.165) is 11.4 Å². The molecule has 0 radical (unpaired) electrons. The van der Waals surface area contributed by atoms with Gasteiger partial charge < -0.3 is 14.7 Å². The van der Waals surface area contributed by atoms with Gasteiger partial charge in [0.15, 0.2) is 0 Å². The molecule has 2 aromatic rings. The number of carbonyl (C=O) groups is 1. The molecule has 0 bridgehead atoms. The van der Waals surface area contributed by atoms with Crippen LogP contribution in [-0.2, 0) is 0 Å². The molecule has 0 aromatic heterocycles.